The quantitative estimate of drug-likeness (QED) is 0.331. The van der Waals surface area contributed by atoms with Gasteiger partial charge in [0.05, 0.1) is 10.6 Å². The lowest BCUT2D eigenvalue weighted by atomic mass is 10.1. The summed E-state index contributed by atoms with van der Waals surface area (Å²) in [5.41, 5.74) is 2.93. The van der Waals surface area contributed by atoms with Crippen LogP contribution >= 0.6 is 11.6 Å². The number of carbonyl (C=O) groups excluding carboxylic acids is 2. The van der Waals surface area contributed by atoms with Crippen molar-refractivity contribution in [1.29, 1.82) is 0 Å². The second kappa shape index (κ2) is 13.1. The maximum atomic E-state index is 14.0. The van der Waals surface area contributed by atoms with Crippen molar-refractivity contribution in [2.24, 2.45) is 0 Å². The number of anilines is 1. The number of nitrogens with zero attached hydrogens (tertiary/aromatic N) is 2. The van der Waals surface area contributed by atoms with E-state index in [1.165, 1.54) is 29.2 Å². The molecule has 0 unspecified atom stereocenters. The van der Waals surface area contributed by atoms with E-state index in [-0.39, 0.29) is 23.4 Å². The van der Waals surface area contributed by atoms with E-state index in [9.17, 15) is 18.0 Å². The third-order valence-corrected chi connectivity index (χ3v) is 8.69. The van der Waals surface area contributed by atoms with Crippen molar-refractivity contribution >= 4 is 39.1 Å². The lowest BCUT2D eigenvalue weighted by Gasteiger charge is -2.33. The van der Waals surface area contributed by atoms with Gasteiger partial charge >= 0.3 is 0 Å². The van der Waals surface area contributed by atoms with E-state index in [4.69, 9.17) is 11.6 Å². The smallest absolute Gasteiger partial charge is 0.264 e. The number of amides is 2. The summed E-state index contributed by atoms with van der Waals surface area (Å²) in [5, 5.41) is 3.34. The Bertz CT molecular complexity index is 1410. The molecule has 0 heterocycles. The molecule has 3 aromatic carbocycles. The molecule has 0 radical (unpaired) electrons. The van der Waals surface area contributed by atoms with Crippen LogP contribution in [0.25, 0.3) is 0 Å². The van der Waals surface area contributed by atoms with Gasteiger partial charge in [-0.15, -0.1) is 0 Å². The zero-order chi connectivity index (χ0) is 28.7. The zero-order valence-corrected chi connectivity index (χ0v) is 24.6. The molecule has 0 fully saturated rings. The minimum absolute atomic E-state index is 0.00995. The number of hydrogen-bond donors (Lipinski definition) is 1. The molecule has 0 bridgehead atoms. The predicted molar refractivity (Wildman–Crippen MR) is 156 cm³/mol. The summed E-state index contributed by atoms with van der Waals surface area (Å²) in [5.74, 6) is -0.794. The van der Waals surface area contributed by atoms with E-state index in [0.29, 0.717) is 16.3 Å². The van der Waals surface area contributed by atoms with Crippen molar-refractivity contribution in [3.63, 3.8) is 0 Å². The Kier molecular flexibility index (Phi) is 10.2. The number of aryl methyl sites for hydroxylation is 2. The molecule has 39 heavy (non-hydrogen) atoms. The maximum absolute atomic E-state index is 14.0. The fourth-order valence-corrected chi connectivity index (χ4v) is 5.75. The fraction of sp³-hybridized carbons (Fsp3) is 0.333. The SMILES string of the molecule is CC[C@@H](C)NC(=O)[C@@H](C)N(Cc1cccc(C)c1)C(=O)CN(c1ccccc1C)S(=O)(=O)c1ccc(Cl)cc1. The Morgan fingerprint density at radius 2 is 1.62 bits per heavy atom. The predicted octanol–water partition coefficient (Wildman–Crippen LogP) is 5.48. The normalized spacial score (nSPS) is 12.9. The summed E-state index contributed by atoms with van der Waals surface area (Å²) in [6.45, 7) is 8.94. The molecule has 0 aliphatic carbocycles. The van der Waals surface area contributed by atoms with Crippen LogP contribution in [0, 0.1) is 13.8 Å². The van der Waals surface area contributed by atoms with Crippen molar-refractivity contribution in [1.82, 2.24) is 10.2 Å². The number of sulfonamides is 1. The molecule has 0 aliphatic heterocycles. The Balaban J connectivity index is 2.04. The first-order chi connectivity index (χ1) is 18.4. The zero-order valence-electron chi connectivity index (χ0n) is 23.0. The van der Waals surface area contributed by atoms with Crippen molar-refractivity contribution in [2.45, 2.75) is 64.6 Å². The molecule has 0 saturated carbocycles. The van der Waals surface area contributed by atoms with Crippen LogP contribution in [0.2, 0.25) is 5.02 Å². The van der Waals surface area contributed by atoms with Crippen molar-refractivity contribution < 1.29 is 18.0 Å². The van der Waals surface area contributed by atoms with Crippen LogP contribution in [0.15, 0.2) is 77.7 Å². The highest BCUT2D eigenvalue weighted by Gasteiger charge is 2.33. The van der Waals surface area contributed by atoms with Gasteiger partial charge in [-0.1, -0.05) is 66.6 Å². The van der Waals surface area contributed by atoms with Crippen LogP contribution in [0.5, 0.6) is 0 Å². The molecule has 9 heteroatoms. The molecule has 0 aliphatic rings. The molecule has 2 atom stereocenters. The maximum Gasteiger partial charge on any atom is 0.264 e. The second-order valence-electron chi connectivity index (χ2n) is 9.76. The number of carbonyl (C=O) groups is 2. The van der Waals surface area contributed by atoms with Gasteiger partial charge in [0, 0.05) is 17.6 Å². The average Bonchev–Trinajstić information content (AvgIpc) is 2.90. The first kappa shape index (κ1) is 30.2. The highest BCUT2D eigenvalue weighted by atomic mass is 35.5. The largest absolute Gasteiger partial charge is 0.352 e. The summed E-state index contributed by atoms with van der Waals surface area (Å²) >= 11 is 6.00. The minimum Gasteiger partial charge on any atom is -0.352 e. The van der Waals surface area contributed by atoms with E-state index in [2.05, 4.69) is 5.32 Å². The molecule has 3 rings (SSSR count). The Labute approximate surface area is 236 Å². The third-order valence-electron chi connectivity index (χ3n) is 6.67. The number of rotatable bonds is 11. The van der Waals surface area contributed by atoms with Gasteiger partial charge in [-0.3, -0.25) is 13.9 Å². The Hall–Kier alpha value is -3.36. The summed E-state index contributed by atoms with van der Waals surface area (Å²) < 4.78 is 28.9. The number of benzene rings is 3. The molecule has 3 aromatic rings. The summed E-state index contributed by atoms with van der Waals surface area (Å²) in [4.78, 5) is 28.6. The highest BCUT2D eigenvalue weighted by molar-refractivity contribution is 7.92. The van der Waals surface area contributed by atoms with Gasteiger partial charge in [0.1, 0.15) is 12.6 Å². The molecule has 1 N–H and O–H groups in total. The van der Waals surface area contributed by atoms with Gasteiger partial charge in [0.2, 0.25) is 11.8 Å². The van der Waals surface area contributed by atoms with Crippen LogP contribution in [0.3, 0.4) is 0 Å². The highest BCUT2D eigenvalue weighted by Crippen LogP contribution is 2.28. The molecule has 0 saturated heterocycles. The number of para-hydroxylation sites is 1. The van der Waals surface area contributed by atoms with E-state index >= 15 is 0 Å². The number of hydrogen-bond acceptors (Lipinski definition) is 4. The molecule has 0 aromatic heterocycles. The van der Waals surface area contributed by atoms with Gasteiger partial charge < -0.3 is 10.2 Å². The van der Waals surface area contributed by atoms with Crippen LogP contribution in [-0.4, -0.2) is 43.8 Å². The molecule has 7 nitrogen and oxygen atoms in total. The summed E-state index contributed by atoms with van der Waals surface area (Å²) in [6, 6.07) is 19.6. The van der Waals surface area contributed by atoms with Gasteiger partial charge in [-0.2, -0.15) is 0 Å². The Morgan fingerprint density at radius 1 is 0.949 bits per heavy atom. The van der Waals surface area contributed by atoms with Gasteiger partial charge in [0.25, 0.3) is 10.0 Å². The summed E-state index contributed by atoms with van der Waals surface area (Å²) in [6.07, 6.45) is 0.741. The van der Waals surface area contributed by atoms with Crippen molar-refractivity contribution in [3.05, 3.63) is 94.5 Å². The fourth-order valence-electron chi connectivity index (χ4n) is 4.15. The first-order valence-corrected chi connectivity index (χ1v) is 14.7. The third kappa shape index (κ3) is 7.61. The molecule has 0 spiro atoms. The molecular formula is C30H36ClN3O4S. The number of nitrogens with one attached hydrogen (secondary N) is 1. The van der Waals surface area contributed by atoms with Crippen molar-refractivity contribution in [2.75, 3.05) is 10.8 Å². The average molecular weight is 570 g/mol. The summed E-state index contributed by atoms with van der Waals surface area (Å²) in [7, 11) is -4.14. The molecule has 208 valence electrons. The monoisotopic (exact) mass is 569 g/mol. The van der Waals surface area contributed by atoms with Gasteiger partial charge in [-0.25, -0.2) is 8.42 Å². The van der Waals surface area contributed by atoms with E-state index in [0.717, 1.165) is 21.9 Å². The van der Waals surface area contributed by atoms with E-state index in [1.807, 2.05) is 45.0 Å². The topological polar surface area (TPSA) is 86.8 Å². The van der Waals surface area contributed by atoms with E-state index in [1.54, 1.807) is 38.1 Å². The molecule has 2 amide bonds. The van der Waals surface area contributed by atoms with Crippen LogP contribution in [0.1, 0.15) is 43.9 Å². The Morgan fingerprint density at radius 3 is 2.23 bits per heavy atom. The van der Waals surface area contributed by atoms with Gasteiger partial charge in [-0.05, 0) is 75.6 Å². The van der Waals surface area contributed by atoms with Crippen LogP contribution in [0.4, 0.5) is 5.69 Å². The van der Waals surface area contributed by atoms with E-state index < -0.39 is 28.5 Å². The van der Waals surface area contributed by atoms with Crippen LogP contribution in [-0.2, 0) is 26.2 Å². The number of halogens is 1. The minimum atomic E-state index is -4.14. The second-order valence-corrected chi connectivity index (χ2v) is 12.1. The standard InChI is InChI=1S/C30H36ClN3O4S/c1-6-23(4)32-30(36)24(5)33(19-25-12-9-10-21(2)18-25)29(35)20-34(28-13-8-7-11-22(28)3)39(37,38)27-16-14-26(31)15-17-27/h7-18,23-24H,6,19-20H2,1-5H3,(H,32,36)/t23-,24-/m1/s1. The van der Waals surface area contributed by atoms with Crippen LogP contribution < -0.4 is 9.62 Å². The molecular weight excluding hydrogens is 534 g/mol. The lowest BCUT2D eigenvalue weighted by molar-refractivity contribution is -0.139. The lowest BCUT2D eigenvalue weighted by Crippen LogP contribution is -2.52. The van der Waals surface area contributed by atoms with Crippen molar-refractivity contribution in [3.8, 4) is 0 Å². The first-order valence-electron chi connectivity index (χ1n) is 12.9. The van der Waals surface area contributed by atoms with Gasteiger partial charge in [0.15, 0.2) is 0 Å².